The monoisotopic (exact) mass is 467 g/mol. The molecule has 2 nitrogen and oxygen atoms in total. The van der Waals surface area contributed by atoms with Crippen molar-refractivity contribution >= 4 is 59.1 Å². The lowest BCUT2D eigenvalue weighted by Gasteiger charge is -2.10. The zero-order valence-corrected chi connectivity index (χ0v) is 15.5. The quantitative estimate of drug-likeness (QED) is 0.587. The van der Waals surface area contributed by atoms with Gasteiger partial charge in [-0.15, -0.1) is 11.3 Å². The number of nitrogens with one attached hydrogen (secondary N) is 1. The van der Waals surface area contributed by atoms with Gasteiger partial charge in [0.25, 0.3) is 0 Å². The van der Waals surface area contributed by atoms with Crippen LogP contribution < -0.4 is 10.1 Å². The standard InChI is InChI=1S/C13H12Br3NOS/c14-9-6-10(19-8-9)7-17-4-5-18-13-11(15)2-1-3-12(13)16/h1-3,6,8,17H,4-5,7H2. The van der Waals surface area contributed by atoms with E-state index in [9.17, 15) is 0 Å². The van der Waals surface area contributed by atoms with Crippen LogP contribution in [0.15, 0.2) is 43.1 Å². The minimum absolute atomic E-state index is 0.633. The van der Waals surface area contributed by atoms with Crippen LogP contribution in [-0.2, 0) is 6.54 Å². The highest BCUT2D eigenvalue weighted by Gasteiger charge is 2.05. The van der Waals surface area contributed by atoms with Crippen molar-refractivity contribution in [3.8, 4) is 5.75 Å². The SMILES string of the molecule is Brc1csc(CNCCOc2c(Br)cccc2Br)c1. The summed E-state index contributed by atoms with van der Waals surface area (Å²) < 4.78 is 8.81. The summed E-state index contributed by atoms with van der Waals surface area (Å²) in [7, 11) is 0. The van der Waals surface area contributed by atoms with Crippen LogP contribution in [0.25, 0.3) is 0 Å². The first-order valence-corrected chi connectivity index (χ1v) is 8.93. The second-order valence-corrected chi connectivity index (χ2v) is 7.43. The first-order chi connectivity index (χ1) is 9.16. The van der Waals surface area contributed by atoms with Crippen LogP contribution in [-0.4, -0.2) is 13.2 Å². The second kappa shape index (κ2) is 7.78. The van der Waals surface area contributed by atoms with Crippen molar-refractivity contribution in [3.63, 3.8) is 0 Å². The second-order valence-electron chi connectivity index (χ2n) is 3.81. The van der Waals surface area contributed by atoms with Gasteiger partial charge in [0, 0.05) is 27.8 Å². The van der Waals surface area contributed by atoms with Gasteiger partial charge in [-0.05, 0) is 66.0 Å². The van der Waals surface area contributed by atoms with Crippen LogP contribution in [0.1, 0.15) is 4.88 Å². The van der Waals surface area contributed by atoms with Gasteiger partial charge in [-0.3, -0.25) is 0 Å². The third-order valence-electron chi connectivity index (χ3n) is 2.37. The van der Waals surface area contributed by atoms with Crippen molar-refractivity contribution < 1.29 is 4.74 Å². The van der Waals surface area contributed by atoms with Crippen molar-refractivity contribution in [2.24, 2.45) is 0 Å². The average molecular weight is 470 g/mol. The molecule has 0 bridgehead atoms. The average Bonchev–Trinajstić information content (AvgIpc) is 2.78. The molecule has 0 spiro atoms. The zero-order valence-electron chi connectivity index (χ0n) is 9.96. The molecule has 0 aliphatic rings. The van der Waals surface area contributed by atoms with E-state index in [-0.39, 0.29) is 0 Å². The van der Waals surface area contributed by atoms with E-state index in [0.717, 1.165) is 32.3 Å². The summed E-state index contributed by atoms with van der Waals surface area (Å²) in [5, 5.41) is 5.45. The molecule has 0 aliphatic carbocycles. The van der Waals surface area contributed by atoms with E-state index in [0.29, 0.717) is 6.61 Å². The molecule has 1 aromatic heterocycles. The minimum Gasteiger partial charge on any atom is -0.490 e. The summed E-state index contributed by atoms with van der Waals surface area (Å²) in [6.45, 7) is 2.31. The highest BCUT2D eigenvalue weighted by atomic mass is 79.9. The van der Waals surface area contributed by atoms with Gasteiger partial charge in [0.2, 0.25) is 0 Å². The fraction of sp³-hybridized carbons (Fsp3) is 0.231. The van der Waals surface area contributed by atoms with Crippen LogP contribution in [0.3, 0.4) is 0 Å². The molecular weight excluding hydrogens is 458 g/mol. The van der Waals surface area contributed by atoms with Crippen LogP contribution in [0.4, 0.5) is 0 Å². The maximum absolute atomic E-state index is 5.75. The van der Waals surface area contributed by atoms with Crippen LogP contribution >= 0.6 is 59.1 Å². The molecular formula is C13H12Br3NOS. The van der Waals surface area contributed by atoms with Crippen molar-refractivity contribution in [2.75, 3.05) is 13.2 Å². The van der Waals surface area contributed by atoms with Gasteiger partial charge in [-0.2, -0.15) is 0 Å². The van der Waals surface area contributed by atoms with Gasteiger partial charge in [-0.1, -0.05) is 6.07 Å². The number of hydrogen-bond acceptors (Lipinski definition) is 3. The molecule has 1 heterocycles. The lowest BCUT2D eigenvalue weighted by molar-refractivity contribution is 0.310. The van der Waals surface area contributed by atoms with Gasteiger partial charge >= 0.3 is 0 Å². The maximum atomic E-state index is 5.75. The molecule has 0 amide bonds. The Morgan fingerprint density at radius 3 is 2.53 bits per heavy atom. The Kier molecular flexibility index (Phi) is 6.35. The number of halogens is 3. The summed E-state index contributed by atoms with van der Waals surface area (Å²) in [5.41, 5.74) is 0. The highest BCUT2D eigenvalue weighted by molar-refractivity contribution is 9.11. The molecule has 0 unspecified atom stereocenters. The molecule has 6 heteroatoms. The highest BCUT2D eigenvalue weighted by Crippen LogP contribution is 2.32. The molecule has 1 N–H and O–H groups in total. The van der Waals surface area contributed by atoms with Crippen molar-refractivity contribution in [1.29, 1.82) is 0 Å². The lowest BCUT2D eigenvalue weighted by atomic mass is 10.3. The van der Waals surface area contributed by atoms with Crippen molar-refractivity contribution in [1.82, 2.24) is 5.32 Å². The van der Waals surface area contributed by atoms with Crippen molar-refractivity contribution in [2.45, 2.75) is 6.54 Å². The zero-order chi connectivity index (χ0) is 13.7. The van der Waals surface area contributed by atoms with Crippen LogP contribution in [0.5, 0.6) is 5.75 Å². The molecule has 0 atom stereocenters. The molecule has 19 heavy (non-hydrogen) atoms. The van der Waals surface area contributed by atoms with Gasteiger partial charge < -0.3 is 10.1 Å². The number of para-hydroxylation sites is 1. The van der Waals surface area contributed by atoms with Crippen molar-refractivity contribution in [3.05, 3.63) is 47.9 Å². The van der Waals surface area contributed by atoms with E-state index in [1.807, 2.05) is 18.2 Å². The van der Waals surface area contributed by atoms with Gasteiger partial charge in [0.05, 0.1) is 8.95 Å². The van der Waals surface area contributed by atoms with E-state index in [1.165, 1.54) is 4.88 Å². The Bertz CT molecular complexity index is 524. The Hall–Kier alpha value is 0.120. The summed E-state index contributed by atoms with van der Waals surface area (Å²) in [6.07, 6.45) is 0. The molecule has 0 saturated heterocycles. The van der Waals surface area contributed by atoms with E-state index < -0.39 is 0 Å². The maximum Gasteiger partial charge on any atom is 0.147 e. The largest absolute Gasteiger partial charge is 0.490 e. The summed E-state index contributed by atoms with van der Waals surface area (Å²) >= 11 is 12.1. The summed E-state index contributed by atoms with van der Waals surface area (Å²) in [5.74, 6) is 0.850. The fourth-order valence-corrected chi connectivity index (χ4v) is 4.15. The molecule has 0 saturated carbocycles. The predicted octanol–water partition coefficient (Wildman–Crippen LogP) is 5.20. The Balaban J connectivity index is 1.72. The van der Waals surface area contributed by atoms with E-state index in [2.05, 4.69) is 64.6 Å². The van der Waals surface area contributed by atoms with Gasteiger partial charge in [0.15, 0.2) is 0 Å². The molecule has 1 aromatic carbocycles. The third kappa shape index (κ3) is 4.86. The Morgan fingerprint density at radius 1 is 1.16 bits per heavy atom. The summed E-state index contributed by atoms with van der Waals surface area (Å²) in [4.78, 5) is 1.31. The number of ether oxygens (including phenoxy) is 1. The lowest BCUT2D eigenvalue weighted by Crippen LogP contribution is -2.20. The molecule has 0 aliphatic heterocycles. The normalized spacial score (nSPS) is 10.7. The summed E-state index contributed by atoms with van der Waals surface area (Å²) in [6, 6.07) is 8.03. The smallest absolute Gasteiger partial charge is 0.147 e. The minimum atomic E-state index is 0.633. The first-order valence-electron chi connectivity index (χ1n) is 5.67. The van der Waals surface area contributed by atoms with Crippen LogP contribution in [0.2, 0.25) is 0 Å². The predicted molar refractivity (Wildman–Crippen MR) is 91.1 cm³/mol. The van der Waals surface area contributed by atoms with E-state index in [1.54, 1.807) is 11.3 Å². The van der Waals surface area contributed by atoms with E-state index >= 15 is 0 Å². The van der Waals surface area contributed by atoms with E-state index in [4.69, 9.17) is 4.74 Å². The number of thiophene rings is 1. The number of hydrogen-bond donors (Lipinski definition) is 1. The molecule has 2 rings (SSSR count). The van der Waals surface area contributed by atoms with Gasteiger partial charge in [0.1, 0.15) is 12.4 Å². The molecule has 0 fully saturated rings. The fourth-order valence-electron chi connectivity index (χ4n) is 1.50. The molecule has 102 valence electrons. The molecule has 0 radical (unpaired) electrons. The number of rotatable bonds is 6. The Labute approximate surface area is 141 Å². The number of benzene rings is 1. The first kappa shape index (κ1) is 15.5. The Morgan fingerprint density at radius 2 is 1.89 bits per heavy atom. The molecule has 2 aromatic rings. The topological polar surface area (TPSA) is 21.3 Å². The van der Waals surface area contributed by atoms with Gasteiger partial charge in [-0.25, -0.2) is 0 Å². The van der Waals surface area contributed by atoms with Crippen LogP contribution in [0, 0.1) is 0 Å². The third-order valence-corrected chi connectivity index (χ3v) is 5.31.